The van der Waals surface area contributed by atoms with Gasteiger partial charge in [-0.25, -0.2) is 0 Å². The first-order chi connectivity index (χ1) is 10.2. The van der Waals surface area contributed by atoms with Crippen LogP contribution >= 0.6 is 0 Å². The van der Waals surface area contributed by atoms with E-state index in [1.165, 1.54) is 12.1 Å². The van der Waals surface area contributed by atoms with Crippen molar-refractivity contribution in [3.63, 3.8) is 0 Å². The first-order valence-electron chi connectivity index (χ1n) is 6.21. The van der Waals surface area contributed by atoms with Crippen molar-refractivity contribution >= 4 is 0 Å². The highest BCUT2D eigenvalue weighted by molar-refractivity contribution is 5.72. The van der Waals surface area contributed by atoms with E-state index in [4.69, 9.17) is 5.26 Å². The molecule has 0 aliphatic carbocycles. The summed E-state index contributed by atoms with van der Waals surface area (Å²) in [5, 5.41) is 9.10. The minimum Gasteiger partial charge on any atom is -0.406 e. The molecule has 2 rings (SSSR count). The van der Waals surface area contributed by atoms with Gasteiger partial charge in [0.25, 0.3) is 5.56 Å². The average molecular weight is 308 g/mol. The van der Waals surface area contributed by atoms with Gasteiger partial charge in [0.1, 0.15) is 17.4 Å². The van der Waals surface area contributed by atoms with Crippen LogP contribution in [-0.4, -0.2) is 11.3 Å². The molecule has 0 unspecified atom stereocenters. The van der Waals surface area contributed by atoms with E-state index < -0.39 is 17.7 Å². The lowest BCUT2D eigenvalue weighted by Gasteiger charge is -2.12. The molecular formula is C15H11F3N2O2. The number of hydrogen-bond acceptors (Lipinski definition) is 3. The van der Waals surface area contributed by atoms with Gasteiger partial charge >= 0.3 is 6.36 Å². The molecular weight excluding hydrogens is 297 g/mol. The normalized spacial score (nSPS) is 11.1. The van der Waals surface area contributed by atoms with Crippen molar-refractivity contribution in [2.75, 3.05) is 0 Å². The van der Waals surface area contributed by atoms with E-state index in [1.54, 1.807) is 26.0 Å². The molecule has 0 spiro atoms. The number of benzene rings is 1. The second kappa shape index (κ2) is 5.56. The predicted molar refractivity (Wildman–Crippen MR) is 73.4 cm³/mol. The van der Waals surface area contributed by atoms with Crippen molar-refractivity contribution in [3.05, 3.63) is 51.4 Å². The second-order valence-corrected chi connectivity index (χ2v) is 4.76. The van der Waals surface area contributed by atoms with Crippen LogP contribution in [0.25, 0.3) is 11.1 Å². The van der Waals surface area contributed by atoms with Gasteiger partial charge in [0.05, 0.1) is 0 Å². The fourth-order valence-electron chi connectivity index (χ4n) is 2.12. The number of alkyl halides is 3. The number of ether oxygens (including phenoxy) is 1. The highest BCUT2D eigenvalue weighted by Gasteiger charge is 2.31. The van der Waals surface area contributed by atoms with Gasteiger partial charge < -0.3 is 9.72 Å². The monoisotopic (exact) mass is 308 g/mol. The van der Waals surface area contributed by atoms with E-state index in [2.05, 4.69) is 9.72 Å². The Bertz CT molecular complexity index is 817. The topological polar surface area (TPSA) is 65.9 Å². The van der Waals surface area contributed by atoms with Gasteiger partial charge in [-0.15, -0.1) is 13.2 Å². The maximum absolute atomic E-state index is 12.4. The molecule has 22 heavy (non-hydrogen) atoms. The SMILES string of the molecule is Cc1cc(OC(F)(F)F)cc(-c2cc(C)[nH]c(=O)c2C#N)c1. The highest BCUT2D eigenvalue weighted by Crippen LogP contribution is 2.30. The molecule has 0 atom stereocenters. The molecule has 1 heterocycles. The zero-order valence-corrected chi connectivity index (χ0v) is 11.7. The number of aromatic amines is 1. The van der Waals surface area contributed by atoms with Crippen LogP contribution in [0.3, 0.4) is 0 Å². The first-order valence-corrected chi connectivity index (χ1v) is 6.21. The Morgan fingerprint density at radius 3 is 2.45 bits per heavy atom. The molecule has 1 N–H and O–H groups in total. The van der Waals surface area contributed by atoms with Crippen LogP contribution in [0.1, 0.15) is 16.8 Å². The van der Waals surface area contributed by atoms with Gasteiger partial charge in [0, 0.05) is 11.3 Å². The van der Waals surface area contributed by atoms with Crippen LogP contribution in [0.15, 0.2) is 29.1 Å². The van der Waals surface area contributed by atoms with Gasteiger partial charge in [-0.3, -0.25) is 4.79 Å². The number of H-pyrrole nitrogens is 1. The lowest BCUT2D eigenvalue weighted by atomic mass is 9.99. The van der Waals surface area contributed by atoms with E-state index in [0.29, 0.717) is 16.8 Å². The summed E-state index contributed by atoms with van der Waals surface area (Å²) >= 11 is 0. The highest BCUT2D eigenvalue weighted by atomic mass is 19.4. The molecule has 0 bridgehead atoms. The molecule has 0 fully saturated rings. The number of pyridine rings is 1. The van der Waals surface area contributed by atoms with Crippen LogP contribution in [0, 0.1) is 25.2 Å². The maximum atomic E-state index is 12.4. The molecule has 0 aliphatic rings. The second-order valence-electron chi connectivity index (χ2n) is 4.76. The van der Waals surface area contributed by atoms with Gasteiger partial charge in [-0.1, -0.05) is 6.07 Å². The Labute approximate surface area is 123 Å². The molecule has 0 radical (unpaired) electrons. The Balaban J connectivity index is 2.64. The smallest absolute Gasteiger partial charge is 0.406 e. The molecule has 0 saturated heterocycles. The third-order valence-electron chi connectivity index (χ3n) is 2.88. The number of rotatable bonds is 2. The Morgan fingerprint density at radius 2 is 1.86 bits per heavy atom. The summed E-state index contributed by atoms with van der Waals surface area (Å²) in [7, 11) is 0. The Hall–Kier alpha value is -2.75. The average Bonchev–Trinajstić information content (AvgIpc) is 2.35. The van der Waals surface area contributed by atoms with Crippen molar-refractivity contribution in [3.8, 4) is 22.9 Å². The number of nitrogens with one attached hydrogen (secondary N) is 1. The van der Waals surface area contributed by atoms with Crippen LogP contribution < -0.4 is 10.3 Å². The van der Waals surface area contributed by atoms with E-state index in [-0.39, 0.29) is 11.1 Å². The molecule has 2 aromatic rings. The number of aryl methyl sites for hydroxylation is 2. The minimum atomic E-state index is -4.81. The molecule has 0 amide bonds. The fourth-order valence-corrected chi connectivity index (χ4v) is 2.12. The van der Waals surface area contributed by atoms with Gasteiger partial charge in [0.2, 0.25) is 0 Å². The zero-order chi connectivity index (χ0) is 16.5. The van der Waals surface area contributed by atoms with Crippen molar-refractivity contribution in [2.24, 2.45) is 0 Å². The third kappa shape index (κ3) is 3.47. The molecule has 1 aromatic carbocycles. The number of aromatic nitrogens is 1. The summed E-state index contributed by atoms with van der Waals surface area (Å²) in [6.07, 6.45) is -4.81. The van der Waals surface area contributed by atoms with Crippen molar-refractivity contribution in [2.45, 2.75) is 20.2 Å². The van der Waals surface area contributed by atoms with Crippen LogP contribution in [-0.2, 0) is 0 Å². The number of nitrogens with zero attached hydrogens (tertiary/aromatic N) is 1. The summed E-state index contributed by atoms with van der Waals surface area (Å²) in [5.41, 5.74) is 0.841. The molecule has 0 saturated carbocycles. The quantitative estimate of drug-likeness (QED) is 0.924. The summed E-state index contributed by atoms with van der Waals surface area (Å²) in [6.45, 7) is 3.22. The summed E-state index contributed by atoms with van der Waals surface area (Å²) in [5.74, 6) is -0.399. The largest absolute Gasteiger partial charge is 0.573 e. The van der Waals surface area contributed by atoms with Gasteiger partial charge in [0.15, 0.2) is 0 Å². The Kier molecular flexibility index (Phi) is 3.95. The van der Waals surface area contributed by atoms with E-state index >= 15 is 0 Å². The lowest BCUT2D eigenvalue weighted by molar-refractivity contribution is -0.274. The molecule has 0 aliphatic heterocycles. The molecule has 7 heteroatoms. The predicted octanol–water partition coefficient (Wildman–Crippen LogP) is 3.43. The van der Waals surface area contributed by atoms with Gasteiger partial charge in [-0.05, 0) is 43.2 Å². The van der Waals surface area contributed by atoms with Crippen molar-refractivity contribution in [1.29, 1.82) is 5.26 Å². The molecule has 114 valence electrons. The van der Waals surface area contributed by atoms with Crippen molar-refractivity contribution in [1.82, 2.24) is 4.98 Å². The van der Waals surface area contributed by atoms with Gasteiger partial charge in [-0.2, -0.15) is 5.26 Å². The first kappa shape index (κ1) is 15.6. The molecule has 1 aromatic heterocycles. The van der Waals surface area contributed by atoms with Crippen LogP contribution in [0.5, 0.6) is 5.75 Å². The van der Waals surface area contributed by atoms with E-state index in [1.807, 2.05) is 0 Å². The van der Waals surface area contributed by atoms with E-state index in [9.17, 15) is 18.0 Å². The number of nitriles is 1. The van der Waals surface area contributed by atoms with Crippen molar-refractivity contribution < 1.29 is 17.9 Å². The van der Waals surface area contributed by atoms with E-state index in [0.717, 1.165) is 6.07 Å². The maximum Gasteiger partial charge on any atom is 0.573 e. The van der Waals surface area contributed by atoms with Crippen LogP contribution in [0.4, 0.5) is 13.2 Å². The minimum absolute atomic E-state index is 0.158. The Morgan fingerprint density at radius 1 is 1.18 bits per heavy atom. The lowest BCUT2D eigenvalue weighted by Crippen LogP contribution is -2.17. The number of hydrogen-bond donors (Lipinski definition) is 1. The summed E-state index contributed by atoms with van der Waals surface area (Å²) in [4.78, 5) is 14.3. The standard InChI is InChI=1S/C15H11F3N2O2/c1-8-3-10(6-11(4-8)22-15(16,17)18)12-5-9(2)20-14(21)13(12)7-19/h3-6H,1-2H3,(H,20,21). The third-order valence-corrected chi connectivity index (χ3v) is 2.88. The summed E-state index contributed by atoms with van der Waals surface area (Å²) < 4.78 is 41.0. The van der Waals surface area contributed by atoms with Crippen LogP contribution in [0.2, 0.25) is 0 Å². The zero-order valence-electron chi connectivity index (χ0n) is 11.7. The molecule has 4 nitrogen and oxygen atoms in total. The number of halogens is 3. The fraction of sp³-hybridized carbons (Fsp3) is 0.200. The summed E-state index contributed by atoms with van der Waals surface area (Å²) in [6, 6.07) is 7.26.